The van der Waals surface area contributed by atoms with Crippen LogP contribution < -0.4 is 10.5 Å². The minimum absolute atomic E-state index is 0.566. The highest BCUT2D eigenvalue weighted by Gasteiger charge is 2.08. The van der Waals surface area contributed by atoms with Crippen molar-refractivity contribution < 1.29 is 4.74 Å². The lowest BCUT2D eigenvalue weighted by atomic mass is 10.1. The fourth-order valence-corrected chi connectivity index (χ4v) is 3.26. The molecule has 0 radical (unpaired) electrons. The number of aryl methyl sites for hydroxylation is 2. The van der Waals surface area contributed by atoms with Gasteiger partial charge < -0.3 is 15.0 Å². The smallest absolute Gasteiger partial charge is 0.200 e. The number of methoxy groups -OCH3 is 1. The van der Waals surface area contributed by atoms with Crippen LogP contribution in [0, 0.1) is 0 Å². The normalized spacial score (nSPS) is 10.7. The summed E-state index contributed by atoms with van der Waals surface area (Å²) in [7, 11) is 1.68. The second-order valence-corrected chi connectivity index (χ2v) is 5.65. The van der Waals surface area contributed by atoms with Crippen LogP contribution in [0.4, 0.5) is 5.95 Å². The van der Waals surface area contributed by atoms with Crippen molar-refractivity contribution in [2.45, 2.75) is 13.0 Å². The van der Waals surface area contributed by atoms with Crippen molar-refractivity contribution in [3.8, 4) is 16.2 Å². The lowest BCUT2D eigenvalue weighted by Gasteiger charge is -2.07. The molecule has 4 nitrogen and oxygen atoms in total. The molecule has 0 aliphatic heterocycles. The van der Waals surface area contributed by atoms with Gasteiger partial charge in [-0.25, -0.2) is 4.98 Å². The van der Waals surface area contributed by atoms with Crippen molar-refractivity contribution in [2.24, 2.45) is 0 Å². The Bertz CT molecular complexity index is 715. The molecule has 0 fully saturated rings. The lowest BCUT2D eigenvalue weighted by Crippen LogP contribution is -2.04. The van der Waals surface area contributed by atoms with Gasteiger partial charge in [-0.1, -0.05) is 0 Å². The molecule has 0 unspecified atom stereocenters. The van der Waals surface area contributed by atoms with Crippen LogP contribution in [0.1, 0.15) is 5.56 Å². The van der Waals surface area contributed by atoms with Crippen molar-refractivity contribution in [1.29, 1.82) is 0 Å². The number of nitrogens with zero attached hydrogens (tertiary/aromatic N) is 2. The number of aromatic nitrogens is 2. The number of hydrogen-bond acceptors (Lipinski definition) is 4. The molecular weight excluding hydrogens is 282 g/mol. The van der Waals surface area contributed by atoms with E-state index in [4.69, 9.17) is 10.5 Å². The zero-order valence-electron chi connectivity index (χ0n) is 11.8. The van der Waals surface area contributed by atoms with Crippen LogP contribution in [0.2, 0.25) is 0 Å². The predicted molar refractivity (Wildman–Crippen MR) is 86.7 cm³/mol. The first-order chi connectivity index (χ1) is 10.3. The Morgan fingerprint density at radius 1 is 1.24 bits per heavy atom. The van der Waals surface area contributed by atoms with Gasteiger partial charge in [0.2, 0.25) is 0 Å². The maximum atomic E-state index is 5.80. The van der Waals surface area contributed by atoms with Crippen LogP contribution in [0.15, 0.2) is 48.1 Å². The second-order valence-electron chi connectivity index (χ2n) is 4.73. The van der Waals surface area contributed by atoms with Crippen molar-refractivity contribution in [2.75, 3.05) is 12.8 Å². The number of nitrogens with two attached hydrogens (primary N) is 1. The Kier molecular flexibility index (Phi) is 3.92. The third-order valence-electron chi connectivity index (χ3n) is 3.47. The van der Waals surface area contributed by atoms with Gasteiger partial charge in [0.15, 0.2) is 5.95 Å². The van der Waals surface area contributed by atoms with E-state index in [9.17, 15) is 0 Å². The van der Waals surface area contributed by atoms with Gasteiger partial charge in [-0.2, -0.15) is 0 Å². The average Bonchev–Trinajstić information content (AvgIpc) is 3.14. The van der Waals surface area contributed by atoms with Gasteiger partial charge in [0.1, 0.15) is 5.75 Å². The average molecular weight is 299 g/mol. The van der Waals surface area contributed by atoms with E-state index in [-0.39, 0.29) is 0 Å². The Morgan fingerprint density at radius 3 is 2.71 bits per heavy atom. The minimum Gasteiger partial charge on any atom is -0.497 e. The number of benzene rings is 1. The molecule has 21 heavy (non-hydrogen) atoms. The van der Waals surface area contributed by atoms with Gasteiger partial charge in [-0.05, 0) is 53.3 Å². The van der Waals surface area contributed by atoms with E-state index in [1.54, 1.807) is 24.6 Å². The van der Waals surface area contributed by atoms with Crippen LogP contribution in [0.5, 0.6) is 5.75 Å². The third-order valence-corrected chi connectivity index (χ3v) is 4.47. The number of nitrogen functional groups attached to an aromatic ring is 1. The first-order valence-electron chi connectivity index (χ1n) is 6.75. The molecule has 1 aromatic carbocycles. The first-order valence-corrected chi connectivity index (χ1v) is 7.63. The summed E-state index contributed by atoms with van der Waals surface area (Å²) in [6.45, 7) is 0.839. The first kappa shape index (κ1) is 13.7. The fourth-order valence-electron chi connectivity index (χ4n) is 2.30. The van der Waals surface area contributed by atoms with E-state index >= 15 is 0 Å². The molecule has 2 N–H and O–H groups in total. The molecule has 0 aliphatic rings. The third kappa shape index (κ3) is 2.92. The monoisotopic (exact) mass is 299 g/mol. The van der Waals surface area contributed by atoms with Crippen LogP contribution >= 0.6 is 11.3 Å². The molecule has 3 aromatic rings. The van der Waals surface area contributed by atoms with Gasteiger partial charge >= 0.3 is 0 Å². The highest BCUT2D eigenvalue weighted by molar-refractivity contribution is 7.13. The summed E-state index contributed by atoms with van der Waals surface area (Å²) in [5, 5.41) is 2.13. The van der Waals surface area contributed by atoms with Crippen LogP contribution in [-0.4, -0.2) is 16.7 Å². The summed E-state index contributed by atoms with van der Waals surface area (Å²) >= 11 is 1.76. The van der Waals surface area contributed by atoms with Gasteiger partial charge in [-0.15, -0.1) is 11.3 Å². The highest BCUT2D eigenvalue weighted by Crippen LogP contribution is 2.31. The quantitative estimate of drug-likeness (QED) is 0.785. The molecule has 0 aliphatic carbocycles. The predicted octanol–water partition coefficient (Wildman–Crippen LogP) is 3.45. The summed E-state index contributed by atoms with van der Waals surface area (Å²) in [5.74, 6) is 1.44. The van der Waals surface area contributed by atoms with Gasteiger partial charge in [-0.3, -0.25) is 0 Å². The Morgan fingerprint density at radius 2 is 2.05 bits per heavy atom. The summed E-state index contributed by atoms with van der Waals surface area (Å²) < 4.78 is 7.17. The molecule has 0 saturated carbocycles. The SMILES string of the molecule is COc1ccc(-c2sccc2CCn2ccnc2N)cc1. The van der Waals surface area contributed by atoms with Crippen LogP contribution in [0.3, 0.4) is 0 Å². The molecule has 2 aromatic heterocycles. The number of rotatable bonds is 5. The van der Waals surface area contributed by atoms with E-state index in [1.165, 1.54) is 16.0 Å². The molecule has 0 amide bonds. The summed E-state index contributed by atoms with van der Waals surface area (Å²) in [6.07, 6.45) is 4.58. The number of thiophene rings is 1. The Balaban J connectivity index is 1.78. The maximum absolute atomic E-state index is 5.80. The van der Waals surface area contributed by atoms with E-state index in [1.807, 2.05) is 22.9 Å². The second kappa shape index (κ2) is 6.01. The molecule has 108 valence electrons. The number of ether oxygens (including phenoxy) is 1. The maximum Gasteiger partial charge on any atom is 0.200 e. The minimum atomic E-state index is 0.566. The molecule has 0 spiro atoms. The Hall–Kier alpha value is -2.27. The number of anilines is 1. The van der Waals surface area contributed by atoms with Crippen molar-refractivity contribution >= 4 is 17.3 Å². The number of imidazole rings is 1. The lowest BCUT2D eigenvalue weighted by molar-refractivity contribution is 0.415. The highest BCUT2D eigenvalue weighted by atomic mass is 32.1. The molecule has 5 heteroatoms. The van der Waals surface area contributed by atoms with E-state index < -0.39 is 0 Å². The topological polar surface area (TPSA) is 53.1 Å². The van der Waals surface area contributed by atoms with Crippen molar-refractivity contribution in [3.05, 3.63) is 53.7 Å². The van der Waals surface area contributed by atoms with Crippen LogP contribution in [0.25, 0.3) is 10.4 Å². The largest absolute Gasteiger partial charge is 0.497 e. The summed E-state index contributed by atoms with van der Waals surface area (Å²) in [6, 6.07) is 10.4. The van der Waals surface area contributed by atoms with Crippen LogP contribution in [-0.2, 0) is 13.0 Å². The fraction of sp³-hybridized carbons (Fsp3) is 0.188. The van der Waals surface area contributed by atoms with E-state index in [2.05, 4.69) is 28.6 Å². The molecule has 0 saturated heterocycles. The van der Waals surface area contributed by atoms with Gasteiger partial charge in [0.25, 0.3) is 0 Å². The molecule has 0 atom stereocenters. The molecule has 0 bridgehead atoms. The summed E-state index contributed by atoms with van der Waals surface area (Å²) in [4.78, 5) is 5.35. The molecule has 3 rings (SSSR count). The van der Waals surface area contributed by atoms with Crippen molar-refractivity contribution in [3.63, 3.8) is 0 Å². The molecule has 2 heterocycles. The zero-order valence-corrected chi connectivity index (χ0v) is 12.6. The Labute approximate surface area is 127 Å². The standard InChI is InChI=1S/C16H17N3OS/c1-20-14-4-2-12(3-5-14)15-13(7-11-21-15)6-9-19-10-8-18-16(19)17/h2-5,7-8,10-11H,6,9H2,1H3,(H2,17,18). The zero-order chi connectivity index (χ0) is 14.7. The van der Waals surface area contributed by atoms with Crippen molar-refractivity contribution in [1.82, 2.24) is 9.55 Å². The number of hydrogen-bond donors (Lipinski definition) is 1. The van der Waals surface area contributed by atoms with E-state index in [0.717, 1.165) is 18.7 Å². The van der Waals surface area contributed by atoms with Gasteiger partial charge in [0.05, 0.1) is 7.11 Å². The van der Waals surface area contributed by atoms with E-state index in [0.29, 0.717) is 5.95 Å². The summed E-state index contributed by atoms with van der Waals surface area (Å²) in [5.41, 5.74) is 8.36. The molecular formula is C16H17N3OS. The van der Waals surface area contributed by atoms with Gasteiger partial charge in [0, 0.05) is 23.8 Å².